The Labute approximate surface area is 132 Å². The van der Waals surface area contributed by atoms with Crippen LogP contribution in [0.1, 0.15) is 22.3 Å². The number of ketones is 1. The molecule has 0 atom stereocenters. The van der Waals surface area contributed by atoms with Gasteiger partial charge < -0.3 is 0 Å². The molecule has 0 fully saturated rings. The Morgan fingerprint density at radius 3 is 2.43 bits per heavy atom. The fourth-order valence-corrected chi connectivity index (χ4v) is 3.33. The molecule has 1 heterocycles. The van der Waals surface area contributed by atoms with Gasteiger partial charge in [-0.15, -0.1) is 0 Å². The maximum atomic E-state index is 12.1. The zero-order valence-corrected chi connectivity index (χ0v) is 12.3. The van der Waals surface area contributed by atoms with E-state index in [0.29, 0.717) is 6.42 Å². The zero-order valence-electron chi connectivity index (χ0n) is 12.3. The molecule has 0 aliphatic heterocycles. The SMILES string of the molecule is O=C1CC=Cc2c1ccc1c2ccc2nc3ccccc3nc21. The molecule has 1 aliphatic rings. The van der Waals surface area contributed by atoms with E-state index >= 15 is 0 Å². The molecule has 3 nitrogen and oxygen atoms in total. The molecule has 0 amide bonds. The van der Waals surface area contributed by atoms with Gasteiger partial charge in [0.15, 0.2) is 5.78 Å². The van der Waals surface area contributed by atoms with Crippen molar-refractivity contribution in [3.63, 3.8) is 0 Å². The Morgan fingerprint density at radius 1 is 0.783 bits per heavy atom. The minimum absolute atomic E-state index is 0.175. The molecule has 0 N–H and O–H groups in total. The average Bonchev–Trinajstić information content (AvgIpc) is 2.60. The van der Waals surface area contributed by atoms with Crippen molar-refractivity contribution in [1.82, 2.24) is 9.97 Å². The van der Waals surface area contributed by atoms with E-state index in [9.17, 15) is 4.79 Å². The van der Waals surface area contributed by atoms with Crippen LogP contribution in [-0.2, 0) is 0 Å². The van der Waals surface area contributed by atoms with Gasteiger partial charge in [0.2, 0.25) is 0 Å². The van der Waals surface area contributed by atoms with Crippen LogP contribution < -0.4 is 0 Å². The quantitative estimate of drug-likeness (QED) is 0.353. The van der Waals surface area contributed by atoms with E-state index in [0.717, 1.165) is 44.0 Å². The Kier molecular flexibility index (Phi) is 2.42. The second-order valence-corrected chi connectivity index (χ2v) is 5.80. The minimum atomic E-state index is 0.175. The number of hydrogen-bond acceptors (Lipinski definition) is 3. The van der Waals surface area contributed by atoms with E-state index < -0.39 is 0 Å². The Balaban J connectivity index is 1.95. The number of fused-ring (bicyclic) bond motifs is 6. The maximum absolute atomic E-state index is 12.1. The van der Waals surface area contributed by atoms with Gasteiger partial charge in [-0.1, -0.05) is 42.5 Å². The number of nitrogens with zero attached hydrogens (tertiary/aromatic N) is 2. The molecule has 5 rings (SSSR count). The van der Waals surface area contributed by atoms with Gasteiger partial charge >= 0.3 is 0 Å². The van der Waals surface area contributed by atoms with Crippen LogP contribution >= 0.6 is 0 Å². The summed E-state index contributed by atoms with van der Waals surface area (Å²) in [7, 11) is 0. The number of Topliss-reactive ketones (excluding diaryl/α,β-unsaturated/α-hetero) is 1. The summed E-state index contributed by atoms with van der Waals surface area (Å²) < 4.78 is 0. The first-order valence-corrected chi connectivity index (χ1v) is 7.63. The summed E-state index contributed by atoms with van der Waals surface area (Å²) in [5.41, 5.74) is 5.34. The van der Waals surface area contributed by atoms with Crippen LogP contribution in [0.15, 0.2) is 54.6 Å². The van der Waals surface area contributed by atoms with Crippen LogP contribution in [0.25, 0.3) is 38.9 Å². The smallest absolute Gasteiger partial charge is 0.167 e. The van der Waals surface area contributed by atoms with Crippen LogP contribution in [0.5, 0.6) is 0 Å². The lowest BCUT2D eigenvalue weighted by atomic mass is 9.91. The van der Waals surface area contributed by atoms with Gasteiger partial charge in [0.05, 0.1) is 22.1 Å². The van der Waals surface area contributed by atoms with Crippen molar-refractivity contribution in [1.29, 1.82) is 0 Å². The van der Waals surface area contributed by atoms with E-state index in [1.807, 2.05) is 60.7 Å². The van der Waals surface area contributed by atoms with Crippen molar-refractivity contribution < 1.29 is 4.79 Å². The molecule has 0 unspecified atom stereocenters. The number of benzene rings is 3. The van der Waals surface area contributed by atoms with Gasteiger partial charge in [0.25, 0.3) is 0 Å². The largest absolute Gasteiger partial charge is 0.294 e. The highest BCUT2D eigenvalue weighted by Crippen LogP contribution is 2.32. The number of rotatable bonds is 0. The van der Waals surface area contributed by atoms with Crippen molar-refractivity contribution in [3.05, 3.63) is 65.7 Å². The molecule has 1 aliphatic carbocycles. The topological polar surface area (TPSA) is 42.9 Å². The van der Waals surface area contributed by atoms with E-state index in [1.54, 1.807) is 0 Å². The van der Waals surface area contributed by atoms with E-state index in [4.69, 9.17) is 9.97 Å². The lowest BCUT2D eigenvalue weighted by molar-refractivity contribution is 0.0994. The van der Waals surface area contributed by atoms with E-state index in [-0.39, 0.29) is 5.78 Å². The first-order valence-electron chi connectivity index (χ1n) is 7.63. The molecule has 0 spiro atoms. The highest BCUT2D eigenvalue weighted by atomic mass is 16.1. The lowest BCUT2D eigenvalue weighted by Gasteiger charge is -2.13. The standard InChI is InChI=1S/C20H12N2O/c23-19-7-3-4-12-13-10-11-18-20(15(13)9-8-14(12)19)22-17-6-2-1-5-16(17)21-18/h1-6,8-11H,7H2. The summed E-state index contributed by atoms with van der Waals surface area (Å²) in [5, 5.41) is 2.10. The average molecular weight is 296 g/mol. The first kappa shape index (κ1) is 12.5. The highest BCUT2D eigenvalue weighted by Gasteiger charge is 2.16. The number of carbonyl (C=O) groups is 1. The van der Waals surface area contributed by atoms with Gasteiger partial charge in [-0.3, -0.25) is 4.79 Å². The summed E-state index contributed by atoms with van der Waals surface area (Å²) in [6, 6.07) is 15.8. The summed E-state index contributed by atoms with van der Waals surface area (Å²) in [4.78, 5) is 21.6. The highest BCUT2D eigenvalue weighted by molar-refractivity contribution is 6.14. The molecule has 23 heavy (non-hydrogen) atoms. The molecule has 1 aromatic heterocycles. The molecule has 4 aromatic rings. The molecule has 0 saturated carbocycles. The second-order valence-electron chi connectivity index (χ2n) is 5.80. The van der Waals surface area contributed by atoms with Gasteiger partial charge in [-0.25, -0.2) is 9.97 Å². The molecule has 0 radical (unpaired) electrons. The molecule has 3 aromatic carbocycles. The predicted molar refractivity (Wildman–Crippen MR) is 92.5 cm³/mol. The van der Waals surface area contributed by atoms with Crippen LogP contribution in [-0.4, -0.2) is 15.8 Å². The first-order chi connectivity index (χ1) is 11.3. The molecular formula is C20H12N2O. The third kappa shape index (κ3) is 1.73. The molecular weight excluding hydrogens is 284 g/mol. The van der Waals surface area contributed by atoms with Crippen LogP contribution in [0.3, 0.4) is 0 Å². The fraction of sp³-hybridized carbons (Fsp3) is 0.0500. The third-order valence-corrected chi connectivity index (χ3v) is 4.44. The predicted octanol–water partition coefficient (Wildman–Crippen LogP) is 4.54. The fourth-order valence-electron chi connectivity index (χ4n) is 3.33. The Hall–Kier alpha value is -3.07. The third-order valence-electron chi connectivity index (χ3n) is 4.44. The van der Waals surface area contributed by atoms with Crippen molar-refractivity contribution in [3.8, 4) is 0 Å². The number of hydrogen-bond donors (Lipinski definition) is 0. The summed E-state index contributed by atoms with van der Waals surface area (Å²) in [6.07, 6.45) is 4.45. The maximum Gasteiger partial charge on any atom is 0.167 e. The van der Waals surface area contributed by atoms with Crippen molar-refractivity contribution in [2.45, 2.75) is 6.42 Å². The number of carbonyl (C=O) groups excluding carboxylic acids is 1. The summed E-state index contributed by atoms with van der Waals surface area (Å²) >= 11 is 0. The van der Waals surface area contributed by atoms with Crippen molar-refractivity contribution in [2.75, 3.05) is 0 Å². The van der Waals surface area contributed by atoms with Gasteiger partial charge in [0, 0.05) is 17.4 Å². The van der Waals surface area contributed by atoms with Gasteiger partial charge in [0.1, 0.15) is 0 Å². The van der Waals surface area contributed by atoms with Gasteiger partial charge in [-0.05, 0) is 29.1 Å². The van der Waals surface area contributed by atoms with Crippen molar-refractivity contribution in [2.24, 2.45) is 0 Å². The number of allylic oxidation sites excluding steroid dienone is 1. The molecule has 108 valence electrons. The monoisotopic (exact) mass is 296 g/mol. The minimum Gasteiger partial charge on any atom is -0.294 e. The Bertz CT molecular complexity index is 1160. The van der Waals surface area contributed by atoms with Crippen LogP contribution in [0.2, 0.25) is 0 Å². The molecule has 0 bridgehead atoms. The number of para-hydroxylation sites is 2. The van der Waals surface area contributed by atoms with Gasteiger partial charge in [-0.2, -0.15) is 0 Å². The molecule has 3 heteroatoms. The van der Waals surface area contributed by atoms with E-state index in [1.165, 1.54) is 0 Å². The van der Waals surface area contributed by atoms with Crippen molar-refractivity contribution >= 4 is 44.7 Å². The Morgan fingerprint density at radius 2 is 1.57 bits per heavy atom. The van der Waals surface area contributed by atoms with Crippen LogP contribution in [0.4, 0.5) is 0 Å². The summed E-state index contributed by atoms with van der Waals surface area (Å²) in [6.45, 7) is 0. The normalized spacial score (nSPS) is 13.8. The second kappa shape index (κ2) is 4.46. The zero-order chi connectivity index (χ0) is 15.4. The lowest BCUT2D eigenvalue weighted by Crippen LogP contribution is -2.04. The number of aromatic nitrogens is 2. The van der Waals surface area contributed by atoms with Crippen LogP contribution in [0, 0.1) is 0 Å². The van der Waals surface area contributed by atoms with E-state index in [2.05, 4.69) is 0 Å². The summed E-state index contributed by atoms with van der Waals surface area (Å²) in [5.74, 6) is 0.175. The molecule has 0 saturated heterocycles.